The summed E-state index contributed by atoms with van der Waals surface area (Å²) < 4.78 is 0. The lowest BCUT2D eigenvalue weighted by molar-refractivity contribution is -0.0664. The van der Waals surface area contributed by atoms with E-state index >= 15 is 0 Å². The minimum absolute atomic E-state index is 0.763. The Morgan fingerprint density at radius 3 is 1.21 bits per heavy atom. The molecular weight excluding hydrogens is 180 g/mol. The van der Waals surface area contributed by atoms with Gasteiger partial charge in [-0.25, -0.2) is 0 Å². The molecule has 0 aliphatic heterocycles. The normalized spacial score (nSPS) is 11.6. The van der Waals surface area contributed by atoms with Crippen molar-refractivity contribution in [3.05, 3.63) is 0 Å². The van der Waals surface area contributed by atoms with Crippen molar-refractivity contribution in [1.82, 2.24) is 10.1 Å². The van der Waals surface area contributed by atoms with Crippen LogP contribution in [-0.4, -0.2) is 47.7 Å². The maximum absolute atomic E-state index is 8.85. The third-order valence-corrected chi connectivity index (χ3v) is 2.21. The van der Waals surface area contributed by atoms with E-state index in [0.717, 1.165) is 25.9 Å². The van der Waals surface area contributed by atoms with Gasteiger partial charge in [-0.15, -0.1) is 0 Å². The Morgan fingerprint density at radius 1 is 0.643 bits per heavy atom. The van der Waals surface area contributed by atoms with Crippen molar-refractivity contribution >= 4 is 0 Å². The van der Waals surface area contributed by atoms with E-state index in [1.807, 2.05) is 0 Å². The molecule has 0 saturated heterocycles. The van der Waals surface area contributed by atoms with E-state index in [9.17, 15) is 0 Å². The summed E-state index contributed by atoms with van der Waals surface area (Å²) in [5.74, 6) is 0. The average molecular weight is 204 g/mol. The van der Waals surface area contributed by atoms with Crippen molar-refractivity contribution < 1.29 is 10.4 Å². The van der Waals surface area contributed by atoms with Gasteiger partial charge in [-0.3, -0.25) is 0 Å². The summed E-state index contributed by atoms with van der Waals surface area (Å²) in [7, 11) is 3.36. The lowest BCUT2D eigenvalue weighted by Crippen LogP contribution is -2.14. The highest BCUT2D eigenvalue weighted by molar-refractivity contribution is 4.47. The smallest absolute Gasteiger partial charge is 0.0235 e. The molecule has 4 heteroatoms. The third kappa shape index (κ3) is 11.8. The van der Waals surface area contributed by atoms with Gasteiger partial charge in [-0.2, -0.15) is 10.1 Å². The molecule has 0 bridgehead atoms. The topological polar surface area (TPSA) is 46.9 Å². The monoisotopic (exact) mass is 204 g/mol. The van der Waals surface area contributed by atoms with Gasteiger partial charge in [-0.05, 0) is 12.8 Å². The van der Waals surface area contributed by atoms with Crippen LogP contribution in [0, 0.1) is 0 Å². The Kier molecular flexibility index (Phi) is 9.29. The van der Waals surface area contributed by atoms with Crippen LogP contribution in [0.3, 0.4) is 0 Å². The van der Waals surface area contributed by atoms with Gasteiger partial charge in [0.1, 0.15) is 0 Å². The van der Waals surface area contributed by atoms with Crippen molar-refractivity contribution in [1.29, 1.82) is 0 Å². The SMILES string of the molecule is CN(O)CCCCCCCCN(C)O. The highest BCUT2D eigenvalue weighted by Crippen LogP contribution is 2.05. The molecule has 86 valence electrons. The summed E-state index contributed by atoms with van der Waals surface area (Å²) in [6.07, 6.45) is 6.94. The fraction of sp³-hybridized carbons (Fsp3) is 1.00. The first-order valence-electron chi connectivity index (χ1n) is 5.43. The summed E-state index contributed by atoms with van der Waals surface area (Å²) in [4.78, 5) is 0. The summed E-state index contributed by atoms with van der Waals surface area (Å²) in [5, 5.41) is 20.2. The van der Waals surface area contributed by atoms with Crippen LogP contribution in [0.25, 0.3) is 0 Å². The van der Waals surface area contributed by atoms with E-state index < -0.39 is 0 Å². The fourth-order valence-electron chi connectivity index (χ4n) is 1.39. The molecule has 0 radical (unpaired) electrons. The van der Waals surface area contributed by atoms with Gasteiger partial charge >= 0.3 is 0 Å². The highest BCUT2D eigenvalue weighted by atomic mass is 16.5. The zero-order valence-corrected chi connectivity index (χ0v) is 9.45. The number of hydroxylamine groups is 4. The number of hydrogen-bond acceptors (Lipinski definition) is 4. The lowest BCUT2D eigenvalue weighted by Gasteiger charge is -2.08. The fourth-order valence-corrected chi connectivity index (χ4v) is 1.39. The van der Waals surface area contributed by atoms with Gasteiger partial charge in [0.2, 0.25) is 0 Å². The van der Waals surface area contributed by atoms with Crippen molar-refractivity contribution in [2.75, 3.05) is 27.2 Å². The van der Waals surface area contributed by atoms with Crippen molar-refractivity contribution in [2.45, 2.75) is 38.5 Å². The van der Waals surface area contributed by atoms with Crippen LogP contribution in [0.1, 0.15) is 38.5 Å². The number of unbranched alkanes of at least 4 members (excludes halogenated alkanes) is 5. The zero-order valence-electron chi connectivity index (χ0n) is 9.45. The second-order valence-electron chi connectivity index (χ2n) is 3.88. The second kappa shape index (κ2) is 9.40. The van der Waals surface area contributed by atoms with Gasteiger partial charge < -0.3 is 10.4 Å². The number of rotatable bonds is 9. The quantitative estimate of drug-likeness (QED) is 0.445. The van der Waals surface area contributed by atoms with E-state index in [4.69, 9.17) is 10.4 Å². The van der Waals surface area contributed by atoms with Gasteiger partial charge in [-0.1, -0.05) is 25.7 Å². The van der Waals surface area contributed by atoms with Crippen LogP contribution in [-0.2, 0) is 0 Å². The van der Waals surface area contributed by atoms with Crippen LogP contribution < -0.4 is 0 Å². The Bertz CT molecular complexity index is 105. The molecule has 0 rings (SSSR count). The van der Waals surface area contributed by atoms with Crippen molar-refractivity contribution in [3.8, 4) is 0 Å². The molecule has 0 aromatic carbocycles. The minimum atomic E-state index is 0.763. The van der Waals surface area contributed by atoms with Crippen LogP contribution in [0.4, 0.5) is 0 Å². The number of nitrogens with zero attached hydrogens (tertiary/aromatic N) is 2. The lowest BCUT2D eigenvalue weighted by atomic mass is 10.1. The molecule has 0 unspecified atom stereocenters. The Morgan fingerprint density at radius 2 is 0.929 bits per heavy atom. The summed E-state index contributed by atoms with van der Waals surface area (Å²) >= 11 is 0. The average Bonchev–Trinajstić information content (AvgIpc) is 2.08. The van der Waals surface area contributed by atoms with Crippen LogP contribution in [0.2, 0.25) is 0 Å². The molecule has 0 heterocycles. The third-order valence-electron chi connectivity index (χ3n) is 2.21. The first kappa shape index (κ1) is 13.8. The Hall–Kier alpha value is -0.160. The van der Waals surface area contributed by atoms with Gasteiger partial charge in [0.25, 0.3) is 0 Å². The summed E-state index contributed by atoms with van der Waals surface area (Å²) in [6.45, 7) is 1.53. The first-order chi connectivity index (χ1) is 6.63. The van der Waals surface area contributed by atoms with Crippen LogP contribution in [0.15, 0.2) is 0 Å². The molecule has 14 heavy (non-hydrogen) atoms. The summed E-state index contributed by atoms with van der Waals surface area (Å²) in [6, 6.07) is 0. The Balaban J connectivity index is 2.92. The molecule has 0 aromatic rings. The molecule has 4 nitrogen and oxygen atoms in total. The molecule has 0 fully saturated rings. The largest absolute Gasteiger partial charge is 0.314 e. The molecule has 0 aromatic heterocycles. The molecule has 0 aliphatic rings. The van der Waals surface area contributed by atoms with Gasteiger partial charge in [0, 0.05) is 27.2 Å². The molecule has 0 atom stereocenters. The maximum atomic E-state index is 8.85. The van der Waals surface area contributed by atoms with E-state index in [1.54, 1.807) is 14.1 Å². The van der Waals surface area contributed by atoms with Crippen molar-refractivity contribution in [2.24, 2.45) is 0 Å². The zero-order chi connectivity index (χ0) is 10.8. The standard InChI is InChI=1S/C10H24N2O2/c1-11(13)9-7-5-3-4-6-8-10-12(2)14/h13-14H,3-10H2,1-2H3. The summed E-state index contributed by atoms with van der Waals surface area (Å²) in [5.41, 5.74) is 0. The predicted molar refractivity (Wildman–Crippen MR) is 56.5 cm³/mol. The molecule has 0 amide bonds. The van der Waals surface area contributed by atoms with Gasteiger partial charge in [0.05, 0.1) is 0 Å². The minimum Gasteiger partial charge on any atom is -0.314 e. The van der Waals surface area contributed by atoms with Gasteiger partial charge in [0.15, 0.2) is 0 Å². The molecule has 0 saturated carbocycles. The highest BCUT2D eigenvalue weighted by Gasteiger charge is 1.94. The second-order valence-corrected chi connectivity index (χ2v) is 3.88. The van der Waals surface area contributed by atoms with E-state index in [-0.39, 0.29) is 0 Å². The first-order valence-corrected chi connectivity index (χ1v) is 5.43. The Labute approximate surface area is 87.0 Å². The van der Waals surface area contributed by atoms with Crippen LogP contribution >= 0.6 is 0 Å². The molecular formula is C10H24N2O2. The maximum Gasteiger partial charge on any atom is 0.0235 e. The van der Waals surface area contributed by atoms with Crippen LogP contribution in [0.5, 0.6) is 0 Å². The number of hydrogen-bond donors (Lipinski definition) is 2. The molecule has 0 spiro atoms. The van der Waals surface area contributed by atoms with Crippen molar-refractivity contribution in [3.63, 3.8) is 0 Å². The van der Waals surface area contributed by atoms with E-state index in [2.05, 4.69) is 0 Å². The predicted octanol–water partition coefficient (Wildman–Crippen LogP) is 1.97. The van der Waals surface area contributed by atoms with E-state index in [0.29, 0.717) is 0 Å². The van der Waals surface area contributed by atoms with E-state index in [1.165, 1.54) is 35.8 Å². The molecule has 0 aliphatic carbocycles. The molecule has 2 N–H and O–H groups in total.